The summed E-state index contributed by atoms with van der Waals surface area (Å²) >= 11 is 6.11. The number of carbonyl (C=O) groups excluding carboxylic acids is 2. The van der Waals surface area contributed by atoms with Crippen molar-refractivity contribution in [2.24, 2.45) is 0 Å². The van der Waals surface area contributed by atoms with E-state index in [1.165, 1.54) is 0 Å². The molecule has 1 aliphatic carbocycles. The van der Waals surface area contributed by atoms with Gasteiger partial charge in [0.05, 0.1) is 24.8 Å². The normalized spacial score (nSPS) is 22.7. The topological polar surface area (TPSA) is 67.9 Å². The maximum Gasteiger partial charge on any atom is 0.257 e. The maximum absolute atomic E-state index is 13.1. The maximum atomic E-state index is 13.1. The number of ether oxygens (including phenoxy) is 2. The summed E-state index contributed by atoms with van der Waals surface area (Å²) in [5.41, 5.74) is 1.61. The van der Waals surface area contributed by atoms with Gasteiger partial charge in [0.25, 0.3) is 11.8 Å². The van der Waals surface area contributed by atoms with Crippen LogP contribution in [0.2, 0.25) is 5.02 Å². The number of nitrogens with one attached hydrogen (secondary N) is 1. The Bertz CT molecular complexity index is 1010. The average Bonchev–Trinajstić information content (AvgIpc) is 2.90. The SMILES string of the molecule is COc1ccc(Cl)cc1C(=O)N(C)C1CCC2(CC1)CNC(=O)c1cc(C)ccc1O2. The summed E-state index contributed by atoms with van der Waals surface area (Å²) in [4.78, 5) is 27.4. The van der Waals surface area contributed by atoms with Gasteiger partial charge >= 0.3 is 0 Å². The zero-order valence-corrected chi connectivity index (χ0v) is 18.8. The summed E-state index contributed by atoms with van der Waals surface area (Å²) in [7, 11) is 3.36. The third-order valence-corrected chi connectivity index (χ3v) is 6.64. The monoisotopic (exact) mass is 442 g/mol. The van der Waals surface area contributed by atoms with E-state index in [0.717, 1.165) is 31.2 Å². The van der Waals surface area contributed by atoms with Gasteiger partial charge in [0, 0.05) is 18.1 Å². The van der Waals surface area contributed by atoms with E-state index in [0.29, 0.717) is 34.2 Å². The van der Waals surface area contributed by atoms with Gasteiger partial charge in [0.2, 0.25) is 0 Å². The van der Waals surface area contributed by atoms with Crippen molar-refractivity contribution in [2.45, 2.75) is 44.2 Å². The minimum atomic E-state index is -0.454. The van der Waals surface area contributed by atoms with Crippen LogP contribution in [-0.4, -0.2) is 49.1 Å². The second kappa shape index (κ2) is 8.42. The van der Waals surface area contributed by atoms with E-state index < -0.39 is 5.60 Å². The predicted molar refractivity (Wildman–Crippen MR) is 119 cm³/mol. The van der Waals surface area contributed by atoms with Crippen LogP contribution < -0.4 is 14.8 Å². The number of nitrogens with zero attached hydrogens (tertiary/aromatic N) is 1. The molecule has 0 saturated heterocycles. The number of aryl methyl sites for hydroxylation is 1. The van der Waals surface area contributed by atoms with Crippen LogP contribution in [0.4, 0.5) is 0 Å². The van der Waals surface area contributed by atoms with Gasteiger partial charge in [-0.05, 0) is 62.9 Å². The molecule has 0 bridgehead atoms. The van der Waals surface area contributed by atoms with E-state index in [9.17, 15) is 9.59 Å². The van der Waals surface area contributed by atoms with Gasteiger partial charge in [-0.15, -0.1) is 0 Å². The molecule has 1 saturated carbocycles. The fraction of sp³-hybridized carbons (Fsp3) is 0.417. The Morgan fingerprint density at radius 3 is 2.68 bits per heavy atom. The fourth-order valence-corrected chi connectivity index (χ4v) is 4.69. The van der Waals surface area contributed by atoms with Crippen LogP contribution in [0.15, 0.2) is 36.4 Å². The number of halogens is 1. The summed E-state index contributed by atoms with van der Waals surface area (Å²) < 4.78 is 11.8. The van der Waals surface area contributed by atoms with Gasteiger partial charge in [0.15, 0.2) is 0 Å². The number of amides is 2. The van der Waals surface area contributed by atoms with E-state index in [1.807, 2.05) is 32.2 Å². The third kappa shape index (κ3) is 4.22. The van der Waals surface area contributed by atoms with Gasteiger partial charge in [-0.3, -0.25) is 9.59 Å². The molecule has 0 unspecified atom stereocenters. The smallest absolute Gasteiger partial charge is 0.257 e. The fourth-order valence-electron chi connectivity index (χ4n) is 4.51. The van der Waals surface area contributed by atoms with Crippen LogP contribution in [0.3, 0.4) is 0 Å². The molecule has 2 aromatic rings. The molecular formula is C24H27ClN2O4. The lowest BCUT2D eigenvalue weighted by atomic mass is 9.81. The number of hydrogen-bond donors (Lipinski definition) is 1. The molecule has 2 amide bonds. The lowest BCUT2D eigenvalue weighted by Gasteiger charge is -2.42. The Labute approximate surface area is 187 Å². The predicted octanol–water partition coefficient (Wildman–Crippen LogP) is 4.23. The minimum absolute atomic E-state index is 0.0712. The Hall–Kier alpha value is -2.73. The first-order valence-electron chi connectivity index (χ1n) is 10.5. The summed E-state index contributed by atoms with van der Waals surface area (Å²) in [5.74, 6) is 0.927. The van der Waals surface area contributed by atoms with Gasteiger partial charge in [-0.25, -0.2) is 0 Å². The molecule has 164 valence electrons. The minimum Gasteiger partial charge on any atom is -0.496 e. The molecular weight excluding hydrogens is 416 g/mol. The average molecular weight is 443 g/mol. The van der Waals surface area contributed by atoms with Crippen molar-refractivity contribution in [3.8, 4) is 11.5 Å². The summed E-state index contributed by atoms with van der Waals surface area (Å²) in [6.07, 6.45) is 3.05. The number of benzene rings is 2. The molecule has 6 nitrogen and oxygen atoms in total. The van der Waals surface area contributed by atoms with Gasteiger partial charge in [0.1, 0.15) is 17.1 Å². The molecule has 1 spiro atoms. The van der Waals surface area contributed by atoms with Crippen molar-refractivity contribution >= 4 is 23.4 Å². The highest BCUT2D eigenvalue weighted by atomic mass is 35.5. The summed E-state index contributed by atoms with van der Waals surface area (Å²) in [6.45, 7) is 2.42. The molecule has 1 N–H and O–H groups in total. The zero-order valence-electron chi connectivity index (χ0n) is 18.0. The first kappa shape index (κ1) is 21.5. The van der Waals surface area contributed by atoms with Crippen LogP contribution in [0.1, 0.15) is 52.0 Å². The van der Waals surface area contributed by atoms with Crippen molar-refractivity contribution in [1.29, 1.82) is 0 Å². The second-order valence-corrected chi connectivity index (χ2v) is 8.90. The van der Waals surface area contributed by atoms with Crippen molar-refractivity contribution in [2.75, 3.05) is 20.7 Å². The first-order valence-corrected chi connectivity index (χ1v) is 10.9. The molecule has 1 fully saturated rings. The van der Waals surface area contributed by atoms with E-state index in [-0.39, 0.29) is 17.9 Å². The number of fused-ring (bicyclic) bond motifs is 1. The second-order valence-electron chi connectivity index (χ2n) is 8.46. The molecule has 1 heterocycles. The Kier molecular flexibility index (Phi) is 5.84. The van der Waals surface area contributed by atoms with Crippen LogP contribution in [0.5, 0.6) is 11.5 Å². The Morgan fingerprint density at radius 2 is 1.97 bits per heavy atom. The van der Waals surface area contributed by atoms with Crippen LogP contribution in [-0.2, 0) is 0 Å². The van der Waals surface area contributed by atoms with E-state index in [2.05, 4.69) is 5.32 Å². The van der Waals surface area contributed by atoms with Crippen LogP contribution in [0.25, 0.3) is 0 Å². The molecule has 4 rings (SSSR count). The molecule has 2 aromatic carbocycles. The standard InChI is InChI=1S/C24H27ClN2O4/c1-15-4-6-21-18(12-15)22(28)26-14-24(31-21)10-8-17(9-11-24)27(2)23(29)19-13-16(25)5-7-20(19)30-3/h4-7,12-13,17H,8-11,14H2,1-3H3,(H,26,28). The lowest BCUT2D eigenvalue weighted by molar-refractivity contribution is 0.0103. The molecule has 0 atom stereocenters. The van der Waals surface area contributed by atoms with Crippen molar-refractivity contribution < 1.29 is 19.1 Å². The highest BCUT2D eigenvalue weighted by molar-refractivity contribution is 6.31. The molecule has 0 aromatic heterocycles. The summed E-state index contributed by atoms with van der Waals surface area (Å²) in [5, 5.41) is 3.52. The molecule has 31 heavy (non-hydrogen) atoms. The highest BCUT2D eigenvalue weighted by Gasteiger charge is 2.42. The highest BCUT2D eigenvalue weighted by Crippen LogP contribution is 2.38. The molecule has 2 aliphatic rings. The van der Waals surface area contributed by atoms with Gasteiger partial charge in [-0.2, -0.15) is 0 Å². The third-order valence-electron chi connectivity index (χ3n) is 6.40. The largest absolute Gasteiger partial charge is 0.496 e. The number of hydrogen-bond acceptors (Lipinski definition) is 4. The number of carbonyl (C=O) groups is 2. The van der Waals surface area contributed by atoms with E-state index >= 15 is 0 Å². The van der Waals surface area contributed by atoms with Crippen LogP contribution >= 0.6 is 11.6 Å². The van der Waals surface area contributed by atoms with E-state index in [1.54, 1.807) is 30.2 Å². The number of rotatable bonds is 3. The van der Waals surface area contributed by atoms with E-state index in [4.69, 9.17) is 21.1 Å². The quantitative estimate of drug-likeness (QED) is 0.772. The zero-order chi connectivity index (χ0) is 22.2. The molecule has 0 radical (unpaired) electrons. The molecule has 7 heteroatoms. The van der Waals surface area contributed by atoms with Crippen molar-refractivity contribution in [3.05, 3.63) is 58.1 Å². The van der Waals surface area contributed by atoms with Crippen molar-refractivity contribution in [1.82, 2.24) is 10.2 Å². The Morgan fingerprint density at radius 1 is 1.23 bits per heavy atom. The van der Waals surface area contributed by atoms with Crippen molar-refractivity contribution in [3.63, 3.8) is 0 Å². The first-order chi connectivity index (χ1) is 14.8. The van der Waals surface area contributed by atoms with Gasteiger partial charge < -0.3 is 19.7 Å². The van der Waals surface area contributed by atoms with Gasteiger partial charge in [-0.1, -0.05) is 23.2 Å². The number of methoxy groups -OCH3 is 1. The molecule has 1 aliphatic heterocycles. The van der Waals surface area contributed by atoms with Crippen LogP contribution in [0, 0.1) is 6.92 Å². The lowest BCUT2D eigenvalue weighted by Crippen LogP contribution is -2.51. The summed E-state index contributed by atoms with van der Waals surface area (Å²) in [6, 6.07) is 10.8. The Balaban J connectivity index is 1.48.